The summed E-state index contributed by atoms with van der Waals surface area (Å²) in [5.41, 5.74) is 2.82. The molecule has 0 amide bonds. The smallest absolute Gasteiger partial charge is 0.161 e. The van der Waals surface area contributed by atoms with Gasteiger partial charge in [-0.15, -0.1) is 12.4 Å². The molecule has 3 nitrogen and oxygen atoms in total. The van der Waals surface area contributed by atoms with Gasteiger partial charge in [-0.25, -0.2) is 0 Å². The molecule has 2 atom stereocenters. The molecule has 128 valence electrons. The summed E-state index contributed by atoms with van der Waals surface area (Å²) in [6, 6.07) is 4.84. The van der Waals surface area contributed by atoms with Crippen molar-refractivity contribution in [2.45, 2.75) is 45.6 Å². The topological polar surface area (TPSA) is 30.5 Å². The van der Waals surface area contributed by atoms with Gasteiger partial charge in [-0.1, -0.05) is 12.2 Å². The zero-order valence-corrected chi connectivity index (χ0v) is 15.0. The van der Waals surface area contributed by atoms with Crippen LogP contribution in [0.2, 0.25) is 0 Å². The summed E-state index contributed by atoms with van der Waals surface area (Å²) < 4.78 is 11.6. The fraction of sp³-hybridized carbons (Fsp3) is 0.579. The fourth-order valence-corrected chi connectivity index (χ4v) is 3.59. The zero-order chi connectivity index (χ0) is 15.4. The monoisotopic (exact) mass is 337 g/mol. The molecule has 0 saturated heterocycles. The first-order valence-electron chi connectivity index (χ1n) is 8.64. The van der Waals surface area contributed by atoms with Gasteiger partial charge in [0.25, 0.3) is 0 Å². The molecule has 3 rings (SSSR count). The lowest BCUT2D eigenvalue weighted by Gasteiger charge is -2.30. The quantitative estimate of drug-likeness (QED) is 0.778. The number of ether oxygens (including phenoxy) is 2. The second kappa shape index (κ2) is 8.60. The molecule has 0 spiro atoms. The van der Waals surface area contributed by atoms with E-state index in [2.05, 4.69) is 29.6 Å². The molecular weight excluding hydrogens is 310 g/mol. The van der Waals surface area contributed by atoms with Crippen LogP contribution in [0, 0.1) is 5.92 Å². The lowest BCUT2D eigenvalue weighted by atomic mass is 9.87. The van der Waals surface area contributed by atoms with E-state index in [1.807, 2.05) is 13.8 Å². The average Bonchev–Trinajstić information content (AvgIpc) is 3.02. The Labute approximate surface area is 145 Å². The van der Waals surface area contributed by atoms with Crippen molar-refractivity contribution in [3.8, 4) is 11.5 Å². The van der Waals surface area contributed by atoms with E-state index in [1.165, 1.54) is 30.4 Å². The minimum Gasteiger partial charge on any atom is -0.490 e. The second-order valence-electron chi connectivity index (χ2n) is 6.12. The summed E-state index contributed by atoms with van der Waals surface area (Å²) in [6.45, 7) is 6.43. The van der Waals surface area contributed by atoms with Crippen molar-refractivity contribution in [1.82, 2.24) is 5.32 Å². The highest BCUT2D eigenvalue weighted by molar-refractivity contribution is 5.85. The number of rotatable bonds is 6. The van der Waals surface area contributed by atoms with Crippen LogP contribution in [-0.2, 0) is 6.42 Å². The molecule has 23 heavy (non-hydrogen) atoms. The Hall–Kier alpha value is -1.19. The Kier molecular flexibility index (Phi) is 6.79. The number of allylic oxidation sites excluding steroid dienone is 2. The first-order valence-corrected chi connectivity index (χ1v) is 8.64. The molecular formula is C19H28ClNO2. The van der Waals surface area contributed by atoms with Gasteiger partial charge >= 0.3 is 0 Å². The molecule has 1 aromatic rings. The van der Waals surface area contributed by atoms with E-state index in [4.69, 9.17) is 9.47 Å². The van der Waals surface area contributed by atoms with E-state index in [1.54, 1.807) is 0 Å². The van der Waals surface area contributed by atoms with E-state index in [-0.39, 0.29) is 12.4 Å². The van der Waals surface area contributed by atoms with Crippen LogP contribution in [0.25, 0.3) is 0 Å². The Balaban J connectivity index is 0.00000192. The van der Waals surface area contributed by atoms with Crippen LogP contribution in [-0.4, -0.2) is 19.8 Å². The molecule has 1 heterocycles. The van der Waals surface area contributed by atoms with Crippen molar-refractivity contribution in [3.05, 3.63) is 35.4 Å². The van der Waals surface area contributed by atoms with Crippen LogP contribution in [0.4, 0.5) is 0 Å². The normalized spacial score (nSPS) is 22.3. The standard InChI is InChI=1S/C19H27NO2.ClH/c1-3-21-18-12-15-9-10-20-17(11-14-7-5-6-8-14)16(15)13-19(18)22-4-2;/h5,7,12-14,17,20H,3-4,6,8-11H2,1-2H3;1H. The summed E-state index contributed by atoms with van der Waals surface area (Å²) in [4.78, 5) is 0. The lowest BCUT2D eigenvalue weighted by molar-refractivity contribution is 0.285. The molecule has 2 unspecified atom stereocenters. The SMILES string of the molecule is CCOc1cc2c(cc1OCC)C(CC1C=CCC1)NCC2.Cl. The molecule has 0 saturated carbocycles. The van der Waals surface area contributed by atoms with E-state index in [0.717, 1.165) is 24.5 Å². The zero-order valence-electron chi connectivity index (χ0n) is 14.1. The third-order valence-corrected chi connectivity index (χ3v) is 4.62. The van der Waals surface area contributed by atoms with Crippen LogP contribution >= 0.6 is 12.4 Å². The third kappa shape index (κ3) is 4.21. The van der Waals surface area contributed by atoms with Crippen molar-refractivity contribution in [2.75, 3.05) is 19.8 Å². The summed E-state index contributed by atoms with van der Waals surface area (Å²) in [5, 5.41) is 3.69. The number of benzene rings is 1. The minimum absolute atomic E-state index is 0. The molecule has 0 bridgehead atoms. The first-order chi connectivity index (χ1) is 10.8. The highest BCUT2D eigenvalue weighted by atomic mass is 35.5. The average molecular weight is 338 g/mol. The Bertz CT molecular complexity index is 544. The van der Waals surface area contributed by atoms with Gasteiger partial charge < -0.3 is 14.8 Å². The first kappa shape index (κ1) is 18.2. The van der Waals surface area contributed by atoms with Crippen LogP contribution in [0.3, 0.4) is 0 Å². The molecule has 0 aromatic heterocycles. The van der Waals surface area contributed by atoms with Gasteiger partial charge in [0.1, 0.15) is 0 Å². The van der Waals surface area contributed by atoms with Gasteiger partial charge in [0, 0.05) is 6.04 Å². The maximum atomic E-state index is 5.81. The van der Waals surface area contributed by atoms with E-state index in [0.29, 0.717) is 25.2 Å². The predicted octanol–water partition coefficient (Wildman–Crippen LogP) is 4.45. The number of halogens is 1. The maximum absolute atomic E-state index is 5.81. The summed E-state index contributed by atoms with van der Waals surface area (Å²) in [7, 11) is 0. The number of fused-ring (bicyclic) bond motifs is 1. The van der Waals surface area contributed by atoms with E-state index < -0.39 is 0 Å². The molecule has 1 N–H and O–H groups in total. The van der Waals surface area contributed by atoms with Crippen LogP contribution < -0.4 is 14.8 Å². The Morgan fingerprint density at radius 3 is 2.52 bits per heavy atom. The summed E-state index contributed by atoms with van der Waals surface area (Å²) >= 11 is 0. The van der Waals surface area contributed by atoms with Crippen molar-refractivity contribution in [1.29, 1.82) is 0 Å². The molecule has 1 aromatic carbocycles. The van der Waals surface area contributed by atoms with Gasteiger partial charge in [0.05, 0.1) is 13.2 Å². The molecule has 4 heteroatoms. The van der Waals surface area contributed by atoms with E-state index in [9.17, 15) is 0 Å². The summed E-state index contributed by atoms with van der Waals surface area (Å²) in [6.07, 6.45) is 9.48. The van der Waals surface area contributed by atoms with Gasteiger partial charge in [-0.05, 0) is 75.3 Å². The molecule has 1 aliphatic carbocycles. The van der Waals surface area contributed by atoms with Gasteiger partial charge in [0.2, 0.25) is 0 Å². The largest absolute Gasteiger partial charge is 0.490 e. The molecule has 1 aliphatic heterocycles. The Morgan fingerprint density at radius 1 is 1.13 bits per heavy atom. The second-order valence-corrected chi connectivity index (χ2v) is 6.12. The van der Waals surface area contributed by atoms with Crippen LogP contribution in [0.1, 0.15) is 50.3 Å². The highest BCUT2D eigenvalue weighted by Crippen LogP contribution is 2.38. The van der Waals surface area contributed by atoms with Gasteiger partial charge in [-0.3, -0.25) is 0 Å². The maximum Gasteiger partial charge on any atom is 0.161 e. The molecule has 0 radical (unpaired) electrons. The number of hydrogen-bond donors (Lipinski definition) is 1. The van der Waals surface area contributed by atoms with Crippen LogP contribution in [0.5, 0.6) is 11.5 Å². The van der Waals surface area contributed by atoms with E-state index >= 15 is 0 Å². The van der Waals surface area contributed by atoms with Crippen molar-refractivity contribution < 1.29 is 9.47 Å². The van der Waals surface area contributed by atoms with Crippen LogP contribution in [0.15, 0.2) is 24.3 Å². The fourth-order valence-electron chi connectivity index (χ4n) is 3.59. The highest BCUT2D eigenvalue weighted by Gasteiger charge is 2.25. The summed E-state index contributed by atoms with van der Waals surface area (Å²) in [5.74, 6) is 2.49. The van der Waals surface area contributed by atoms with Gasteiger partial charge in [-0.2, -0.15) is 0 Å². The molecule has 2 aliphatic rings. The Morgan fingerprint density at radius 2 is 1.87 bits per heavy atom. The minimum atomic E-state index is 0. The number of nitrogens with one attached hydrogen (secondary N) is 1. The number of hydrogen-bond acceptors (Lipinski definition) is 3. The van der Waals surface area contributed by atoms with Crippen molar-refractivity contribution >= 4 is 12.4 Å². The third-order valence-electron chi connectivity index (χ3n) is 4.62. The van der Waals surface area contributed by atoms with Crippen molar-refractivity contribution in [2.24, 2.45) is 5.92 Å². The van der Waals surface area contributed by atoms with Crippen molar-refractivity contribution in [3.63, 3.8) is 0 Å². The van der Waals surface area contributed by atoms with Gasteiger partial charge in [0.15, 0.2) is 11.5 Å². The lowest BCUT2D eigenvalue weighted by Crippen LogP contribution is -2.31. The predicted molar refractivity (Wildman–Crippen MR) is 97.0 cm³/mol. The molecule has 0 fully saturated rings.